The lowest BCUT2D eigenvalue weighted by Crippen LogP contribution is -2.10. The molecule has 0 bridgehead atoms. The molecule has 6 rings (SSSR count). The Morgan fingerprint density at radius 2 is 1.82 bits per heavy atom. The minimum Gasteiger partial charge on any atom is -0.497 e. The Morgan fingerprint density at radius 1 is 0.949 bits per heavy atom. The smallest absolute Gasteiger partial charge is 0.224 e. The van der Waals surface area contributed by atoms with Crippen LogP contribution >= 0.6 is 0 Å². The molecule has 7 nitrogen and oxygen atoms in total. The minimum atomic E-state index is -0.378. The van der Waals surface area contributed by atoms with Gasteiger partial charge in [-0.25, -0.2) is 4.39 Å². The Labute approximate surface area is 224 Å². The van der Waals surface area contributed by atoms with E-state index < -0.39 is 0 Å². The highest BCUT2D eigenvalue weighted by Gasteiger charge is 2.16. The van der Waals surface area contributed by atoms with Crippen molar-refractivity contribution in [1.29, 1.82) is 0 Å². The number of carbonyl (C=O) groups is 1. The number of H-pyrrole nitrogens is 2. The Balaban J connectivity index is 1.40. The lowest BCUT2D eigenvalue weighted by atomic mass is 10.0. The van der Waals surface area contributed by atoms with Gasteiger partial charge in [0.1, 0.15) is 17.3 Å². The third-order valence-electron chi connectivity index (χ3n) is 6.74. The van der Waals surface area contributed by atoms with Crippen molar-refractivity contribution >= 4 is 33.4 Å². The van der Waals surface area contributed by atoms with E-state index in [1.165, 1.54) is 19.2 Å². The van der Waals surface area contributed by atoms with Gasteiger partial charge in [0.05, 0.1) is 30.0 Å². The quantitative estimate of drug-likeness (QED) is 0.206. The summed E-state index contributed by atoms with van der Waals surface area (Å²) in [6, 6.07) is 20.6. The van der Waals surface area contributed by atoms with E-state index >= 15 is 0 Å². The monoisotopic (exact) mass is 519 g/mol. The molecule has 194 valence electrons. The van der Waals surface area contributed by atoms with Crippen LogP contribution in [0.25, 0.3) is 55.4 Å². The number of benzene rings is 3. The van der Waals surface area contributed by atoms with Crippen LogP contribution in [0.4, 0.5) is 10.1 Å². The molecule has 6 aromatic rings. The number of anilines is 1. The van der Waals surface area contributed by atoms with Gasteiger partial charge >= 0.3 is 0 Å². The summed E-state index contributed by atoms with van der Waals surface area (Å²) in [7, 11) is 1.52. The molecule has 3 heterocycles. The number of hydrogen-bond acceptors (Lipinski definition) is 4. The maximum Gasteiger partial charge on any atom is 0.224 e. The zero-order valence-corrected chi connectivity index (χ0v) is 21.5. The fourth-order valence-corrected chi connectivity index (χ4v) is 4.87. The third-order valence-corrected chi connectivity index (χ3v) is 6.74. The van der Waals surface area contributed by atoms with Crippen molar-refractivity contribution in [3.05, 3.63) is 84.9 Å². The third kappa shape index (κ3) is 4.72. The molecule has 39 heavy (non-hydrogen) atoms. The number of halogens is 1. The summed E-state index contributed by atoms with van der Waals surface area (Å²) in [6.07, 6.45) is 4.76. The van der Waals surface area contributed by atoms with Crippen LogP contribution < -0.4 is 10.1 Å². The van der Waals surface area contributed by atoms with Gasteiger partial charge in [0.25, 0.3) is 0 Å². The summed E-state index contributed by atoms with van der Waals surface area (Å²) < 4.78 is 19.5. The maximum absolute atomic E-state index is 14.3. The summed E-state index contributed by atoms with van der Waals surface area (Å²) >= 11 is 0. The van der Waals surface area contributed by atoms with Crippen LogP contribution in [0, 0.1) is 5.82 Å². The standard InChI is InChI=1S/C31H26FN5O2/c1-3-5-30(38)34-22-7-4-6-18(11-22)19-8-9-27-25(13-19)31(37-36-27)28-15-24-26(16-33-17-29(24)35-28)20-10-21(32)14-23(12-20)39-2/h4,6-17,35H,3,5H2,1-2H3,(H,34,38)(H,36,37). The SMILES string of the molecule is CCCC(=O)Nc1cccc(-c2ccc3[nH]nc(-c4cc5c(-c6cc(F)cc(OC)c6)cncc5[nH]4)c3c2)c1. The molecule has 3 aromatic carbocycles. The summed E-state index contributed by atoms with van der Waals surface area (Å²) in [4.78, 5) is 19.9. The second-order valence-corrected chi connectivity index (χ2v) is 9.42. The van der Waals surface area contributed by atoms with Gasteiger partial charge in [-0.1, -0.05) is 25.1 Å². The topological polar surface area (TPSA) is 95.7 Å². The molecule has 8 heteroatoms. The van der Waals surface area contributed by atoms with Crippen LogP contribution in [-0.2, 0) is 4.79 Å². The summed E-state index contributed by atoms with van der Waals surface area (Å²) in [6.45, 7) is 1.98. The van der Waals surface area contributed by atoms with Gasteiger partial charge in [-0.2, -0.15) is 5.10 Å². The molecule has 0 fully saturated rings. The molecule has 0 aliphatic carbocycles. The van der Waals surface area contributed by atoms with E-state index in [0.29, 0.717) is 17.7 Å². The molecule has 3 aromatic heterocycles. The van der Waals surface area contributed by atoms with Crippen molar-refractivity contribution in [2.45, 2.75) is 19.8 Å². The van der Waals surface area contributed by atoms with Gasteiger partial charge in [0, 0.05) is 40.7 Å². The van der Waals surface area contributed by atoms with Gasteiger partial charge in [-0.15, -0.1) is 0 Å². The van der Waals surface area contributed by atoms with Gasteiger partial charge in [-0.05, 0) is 65.6 Å². The Hall–Kier alpha value is -4.98. The molecular weight excluding hydrogens is 493 g/mol. The van der Waals surface area contributed by atoms with Crippen LogP contribution in [0.1, 0.15) is 19.8 Å². The number of nitrogens with one attached hydrogen (secondary N) is 3. The average molecular weight is 520 g/mol. The molecule has 0 spiro atoms. The number of aromatic amines is 2. The minimum absolute atomic E-state index is 0.00609. The number of pyridine rings is 1. The number of aromatic nitrogens is 4. The van der Waals surface area contributed by atoms with E-state index in [1.54, 1.807) is 18.5 Å². The molecule has 0 atom stereocenters. The number of amides is 1. The fraction of sp³-hybridized carbons (Fsp3) is 0.129. The van der Waals surface area contributed by atoms with Crippen LogP contribution in [0.5, 0.6) is 5.75 Å². The maximum atomic E-state index is 14.3. The second kappa shape index (κ2) is 10.1. The first-order valence-electron chi connectivity index (χ1n) is 12.7. The van der Waals surface area contributed by atoms with E-state index in [2.05, 4.69) is 31.5 Å². The predicted octanol–water partition coefficient (Wildman–Crippen LogP) is 7.33. The highest BCUT2D eigenvalue weighted by atomic mass is 19.1. The second-order valence-electron chi connectivity index (χ2n) is 9.42. The van der Waals surface area contributed by atoms with Gasteiger partial charge in [0.15, 0.2) is 0 Å². The van der Waals surface area contributed by atoms with E-state index in [-0.39, 0.29) is 11.7 Å². The molecular formula is C31H26FN5O2. The molecule has 0 saturated carbocycles. The van der Waals surface area contributed by atoms with Crippen molar-refractivity contribution in [1.82, 2.24) is 20.2 Å². The number of fused-ring (bicyclic) bond motifs is 2. The molecule has 0 aliphatic rings. The van der Waals surface area contributed by atoms with Crippen molar-refractivity contribution in [3.8, 4) is 39.4 Å². The average Bonchev–Trinajstić information content (AvgIpc) is 3.56. The largest absolute Gasteiger partial charge is 0.497 e. The number of ether oxygens (including phenoxy) is 1. The molecule has 0 radical (unpaired) electrons. The van der Waals surface area contributed by atoms with Crippen LogP contribution in [-0.4, -0.2) is 33.2 Å². The van der Waals surface area contributed by atoms with Crippen molar-refractivity contribution in [3.63, 3.8) is 0 Å². The number of methoxy groups -OCH3 is 1. The van der Waals surface area contributed by atoms with E-state index in [0.717, 1.165) is 62.0 Å². The molecule has 3 N–H and O–H groups in total. The normalized spacial score (nSPS) is 11.3. The first-order valence-corrected chi connectivity index (χ1v) is 12.7. The number of hydrogen-bond donors (Lipinski definition) is 3. The van der Waals surface area contributed by atoms with Gasteiger partial charge in [-0.3, -0.25) is 14.9 Å². The lowest BCUT2D eigenvalue weighted by molar-refractivity contribution is -0.116. The van der Waals surface area contributed by atoms with E-state index in [9.17, 15) is 9.18 Å². The van der Waals surface area contributed by atoms with Gasteiger partial charge in [0.2, 0.25) is 5.91 Å². The fourth-order valence-electron chi connectivity index (χ4n) is 4.87. The molecule has 0 unspecified atom stereocenters. The Morgan fingerprint density at radius 3 is 2.67 bits per heavy atom. The first kappa shape index (κ1) is 24.4. The van der Waals surface area contributed by atoms with Crippen LogP contribution in [0.3, 0.4) is 0 Å². The number of nitrogens with zero attached hydrogens (tertiary/aromatic N) is 2. The van der Waals surface area contributed by atoms with Crippen LogP contribution in [0.15, 0.2) is 79.1 Å². The van der Waals surface area contributed by atoms with Crippen molar-refractivity contribution < 1.29 is 13.9 Å². The summed E-state index contributed by atoms with van der Waals surface area (Å²) in [5, 5.41) is 12.5. The summed E-state index contributed by atoms with van der Waals surface area (Å²) in [5.41, 5.74) is 7.50. The van der Waals surface area contributed by atoms with E-state index in [1.807, 2.05) is 49.4 Å². The highest BCUT2D eigenvalue weighted by molar-refractivity contribution is 6.01. The first-order chi connectivity index (χ1) is 19.0. The molecule has 0 saturated heterocycles. The Bertz CT molecular complexity index is 1840. The van der Waals surface area contributed by atoms with Crippen molar-refractivity contribution in [2.24, 2.45) is 0 Å². The molecule has 1 amide bonds. The lowest BCUT2D eigenvalue weighted by Gasteiger charge is -2.08. The number of carbonyl (C=O) groups excluding carboxylic acids is 1. The Kier molecular flexibility index (Phi) is 6.28. The van der Waals surface area contributed by atoms with Crippen molar-refractivity contribution in [2.75, 3.05) is 12.4 Å². The highest BCUT2D eigenvalue weighted by Crippen LogP contribution is 2.36. The van der Waals surface area contributed by atoms with Crippen LogP contribution in [0.2, 0.25) is 0 Å². The number of rotatable bonds is 7. The predicted molar refractivity (Wildman–Crippen MR) is 152 cm³/mol. The summed E-state index contributed by atoms with van der Waals surface area (Å²) in [5.74, 6) is 0.0705. The molecule has 0 aliphatic heterocycles. The zero-order chi connectivity index (χ0) is 26.9. The van der Waals surface area contributed by atoms with E-state index in [4.69, 9.17) is 4.74 Å². The van der Waals surface area contributed by atoms with Gasteiger partial charge < -0.3 is 15.0 Å². The zero-order valence-electron chi connectivity index (χ0n) is 21.5.